The second-order valence-corrected chi connectivity index (χ2v) is 5.40. The molecule has 2 unspecified atom stereocenters. The molecule has 2 aliphatic heterocycles. The predicted octanol–water partition coefficient (Wildman–Crippen LogP) is 0.504. The van der Waals surface area contributed by atoms with Crippen LogP contribution in [0.3, 0.4) is 0 Å². The number of likely N-dealkylation sites (tertiary alicyclic amines) is 1. The van der Waals surface area contributed by atoms with E-state index in [1.807, 2.05) is 0 Å². The van der Waals surface area contributed by atoms with Crippen LogP contribution in [0.2, 0.25) is 0 Å². The third kappa shape index (κ3) is 3.93. The molecule has 0 aromatic rings. The molecule has 0 saturated carbocycles. The molecule has 2 rings (SSSR count). The monoisotopic (exact) mass is 256 g/mol. The summed E-state index contributed by atoms with van der Waals surface area (Å²) < 4.78 is 5.79. The molecule has 18 heavy (non-hydrogen) atoms. The van der Waals surface area contributed by atoms with Gasteiger partial charge in [0.1, 0.15) is 0 Å². The summed E-state index contributed by atoms with van der Waals surface area (Å²) in [7, 11) is 0. The Kier molecular flexibility index (Phi) is 4.97. The second-order valence-electron chi connectivity index (χ2n) is 5.40. The molecule has 2 aliphatic rings. The van der Waals surface area contributed by atoms with Crippen molar-refractivity contribution in [3.8, 4) is 0 Å². The molecular formula is C13H24N2O3. The lowest BCUT2D eigenvalue weighted by Crippen LogP contribution is -2.47. The van der Waals surface area contributed by atoms with Crippen molar-refractivity contribution in [1.82, 2.24) is 9.80 Å². The first-order chi connectivity index (χ1) is 8.67. The van der Waals surface area contributed by atoms with E-state index in [9.17, 15) is 4.79 Å². The molecule has 0 aliphatic carbocycles. The van der Waals surface area contributed by atoms with Gasteiger partial charge >= 0.3 is 5.97 Å². The Morgan fingerprint density at radius 2 is 2.17 bits per heavy atom. The molecule has 5 heteroatoms. The molecule has 0 amide bonds. The van der Waals surface area contributed by atoms with Crippen molar-refractivity contribution in [3.63, 3.8) is 0 Å². The number of morpholine rings is 1. The zero-order valence-corrected chi connectivity index (χ0v) is 11.2. The van der Waals surface area contributed by atoms with E-state index in [0.717, 1.165) is 52.3 Å². The quantitative estimate of drug-likeness (QED) is 0.776. The smallest absolute Gasteiger partial charge is 0.303 e. The minimum atomic E-state index is -0.673. The van der Waals surface area contributed by atoms with E-state index in [1.165, 1.54) is 0 Å². The molecular weight excluding hydrogens is 232 g/mol. The Bertz CT molecular complexity index is 285. The lowest BCUT2D eigenvalue weighted by Gasteiger charge is -2.34. The van der Waals surface area contributed by atoms with Gasteiger partial charge in [0, 0.05) is 32.6 Å². The number of nitrogens with zero attached hydrogens (tertiary/aromatic N) is 2. The fourth-order valence-corrected chi connectivity index (χ4v) is 2.96. The highest BCUT2D eigenvalue weighted by Crippen LogP contribution is 2.20. The van der Waals surface area contributed by atoms with Gasteiger partial charge in [-0.05, 0) is 25.4 Å². The fraction of sp³-hybridized carbons (Fsp3) is 0.923. The van der Waals surface area contributed by atoms with Gasteiger partial charge < -0.3 is 14.7 Å². The van der Waals surface area contributed by atoms with Gasteiger partial charge in [-0.3, -0.25) is 9.69 Å². The van der Waals surface area contributed by atoms with Crippen molar-refractivity contribution in [1.29, 1.82) is 0 Å². The largest absolute Gasteiger partial charge is 0.481 e. The number of rotatable bonds is 5. The Hall–Kier alpha value is -0.650. The molecule has 2 fully saturated rings. The number of carbonyl (C=O) groups is 1. The molecule has 0 aromatic heterocycles. The van der Waals surface area contributed by atoms with E-state index in [1.54, 1.807) is 0 Å². The predicted molar refractivity (Wildman–Crippen MR) is 68.7 cm³/mol. The first-order valence-corrected chi connectivity index (χ1v) is 6.95. The van der Waals surface area contributed by atoms with Gasteiger partial charge in [0.25, 0.3) is 0 Å². The lowest BCUT2D eigenvalue weighted by atomic mass is 10.1. The maximum Gasteiger partial charge on any atom is 0.303 e. The lowest BCUT2D eigenvalue weighted by molar-refractivity contribution is -0.138. The highest BCUT2D eigenvalue weighted by Gasteiger charge is 2.28. The van der Waals surface area contributed by atoms with Crippen LogP contribution in [-0.2, 0) is 9.53 Å². The van der Waals surface area contributed by atoms with Crippen LogP contribution in [0.5, 0.6) is 0 Å². The first-order valence-electron chi connectivity index (χ1n) is 6.95. The summed E-state index contributed by atoms with van der Waals surface area (Å²) in [4.78, 5) is 15.5. The van der Waals surface area contributed by atoms with Gasteiger partial charge in [-0.15, -0.1) is 0 Å². The average Bonchev–Trinajstić information content (AvgIpc) is 2.76. The van der Waals surface area contributed by atoms with Crippen LogP contribution >= 0.6 is 0 Å². The topological polar surface area (TPSA) is 53.0 Å². The molecule has 2 heterocycles. The highest BCUT2D eigenvalue weighted by molar-refractivity contribution is 5.67. The molecule has 0 radical (unpaired) electrons. The van der Waals surface area contributed by atoms with Crippen molar-refractivity contribution in [2.24, 2.45) is 5.92 Å². The van der Waals surface area contributed by atoms with Gasteiger partial charge in [-0.2, -0.15) is 0 Å². The Labute approximate surface area is 109 Å². The minimum absolute atomic E-state index is 0.294. The van der Waals surface area contributed by atoms with Crippen LogP contribution in [0.4, 0.5) is 0 Å². The summed E-state index contributed by atoms with van der Waals surface area (Å²) in [5.74, 6) is -0.346. The highest BCUT2D eigenvalue weighted by atomic mass is 16.5. The molecule has 0 spiro atoms. The van der Waals surface area contributed by atoms with Crippen LogP contribution in [0, 0.1) is 5.92 Å². The summed E-state index contributed by atoms with van der Waals surface area (Å²) in [6, 6.07) is 0. The first kappa shape index (κ1) is 13.8. The third-order valence-corrected chi connectivity index (χ3v) is 3.97. The number of carboxylic acid groups (broad SMARTS) is 1. The van der Waals surface area contributed by atoms with Crippen LogP contribution in [-0.4, -0.2) is 72.9 Å². The standard InChI is InChI=1S/C13H24N2O3/c1-2-14-5-6-18-12(9-14)10-15-4-3-11(8-15)7-13(16)17/h11-12H,2-10H2,1H3,(H,16,17). The Balaban J connectivity index is 1.72. The van der Waals surface area contributed by atoms with E-state index >= 15 is 0 Å². The van der Waals surface area contributed by atoms with E-state index in [0.29, 0.717) is 18.4 Å². The zero-order chi connectivity index (χ0) is 13.0. The molecule has 2 atom stereocenters. The summed E-state index contributed by atoms with van der Waals surface area (Å²) in [5.41, 5.74) is 0. The summed E-state index contributed by atoms with van der Waals surface area (Å²) >= 11 is 0. The van der Waals surface area contributed by atoms with Crippen molar-refractivity contribution in [2.45, 2.75) is 25.9 Å². The SMILES string of the molecule is CCN1CCOC(CN2CCC(CC(=O)O)C2)C1. The molecule has 0 aromatic carbocycles. The number of likely N-dealkylation sites (N-methyl/N-ethyl adjacent to an activating group) is 1. The molecule has 2 saturated heterocycles. The molecule has 5 nitrogen and oxygen atoms in total. The normalized spacial score (nSPS) is 30.7. The van der Waals surface area contributed by atoms with Crippen LogP contribution in [0.1, 0.15) is 19.8 Å². The van der Waals surface area contributed by atoms with Gasteiger partial charge in [-0.25, -0.2) is 0 Å². The van der Waals surface area contributed by atoms with Gasteiger partial charge in [-0.1, -0.05) is 6.92 Å². The maximum atomic E-state index is 10.7. The van der Waals surface area contributed by atoms with Crippen molar-refractivity contribution in [3.05, 3.63) is 0 Å². The van der Waals surface area contributed by atoms with E-state index in [4.69, 9.17) is 9.84 Å². The van der Waals surface area contributed by atoms with Gasteiger partial charge in [0.15, 0.2) is 0 Å². The number of carboxylic acids is 1. The van der Waals surface area contributed by atoms with Crippen LogP contribution < -0.4 is 0 Å². The number of hydrogen-bond donors (Lipinski definition) is 1. The molecule has 104 valence electrons. The van der Waals surface area contributed by atoms with E-state index in [2.05, 4.69) is 16.7 Å². The summed E-state index contributed by atoms with van der Waals surface area (Å²) in [6.45, 7) is 9.02. The minimum Gasteiger partial charge on any atom is -0.481 e. The molecule has 0 bridgehead atoms. The van der Waals surface area contributed by atoms with E-state index < -0.39 is 5.97 Å². The van der Waals surface area contributed by atoms with Gasteiger partial charge in [0.05, 0.1) is 12.7 Å². The van der Waals surface area contributed by atoms with Crippen molar-refractivity contribution >= 4 is 5.97 Å². The van der Waals surface area contributed by atoms with Crippen LogP contribution in [0.15, 0.2) is 0 Å². The maximum absolute atomic E-state index is 10.7. The van der Waals surface area contributed by atoms with Crippen molar-refractivity contribution in [2.75, 3.05) is 45.9 Å². The van der Waals surface area contributed by atoms with Crippen molar-refractivity contribution < 1.29 is 14.6 Å². The third-order valence-electron chi connectivity index (χ3n) is 3.97. The van der Waals surface area contributed by atoms with Crippen LogP contribution in [0.25, 0.3) is 0 Å². The Morgan fingerprint density at radius 1 is 1.33 bits per heavy atom. The molecule has 1 N–H and O–H groups in total. The van der Waals surface area contributed by atoms with E-state index in [-0.39, 0.29) is 0 Å². The number of aliphatic carboxylic acids is 1. The summed E-state index contributed by atoms with van der Waals surface area (Å²) in [6.07, 6.45) is 1.61. The zero-order valence-electron chi connectivity index (χ0n) is 11.2. The Morgan fingerprint density at radius 3 is 2.89 bits per heavy atom. The van der Waals surface area contributed by atoms with Gasteiger partial charge in [0.2, 0.25) is 0 Å². The number of hydrogen-bond acceptors (Lipinski definition) is 4. The summed E-state index contributed by atoms with van der Waals surface area (Å²) in [5, 5.41) is 8.80. The number of ether oxygens (including phenoxy) is 1. The average molecular weight is 256 g/mol. The fourth-order valence-electron chi connectivity index (χ4n) is 2.96. The second kappa shape index (κ2) is 6.50.